The van der Waals surface area contributed by atoms with E-state index >= 15 is 0 Å². The first-order chi connectivity index (χ1) is 23.1. The third-order valence-electron chi connectivity index (χ3n) is 10.7. The highest BCUT2D eigenvalue weighted by Crippen LogP contribution is 2.61. The maximum Gasteiger partial charge on any atom is 0.306 e. The second-order valence-electron chi connectivity index (χ2n) is 14.0. The maximum atomic E-state index is 14.9. The molecule has 2 N–H and O–H groups in total. The lowest BCUT2D eigenvalue weighted by Crippen LogP contribution is -2.61. The van der Waals surface area contributed by atoms with Gasteiger partial charge in [-0.25, -0.2) is 0 Å². The van der Waals surface area contributed by atoms with Gasteiger partial charge >= 0.3 is 5.97 Å². The number of hydrogen-bond acceptors (Lipinski definition) is 7. The number of likely N-dealkylation sites (tertiary alicyclic amines) is 1. The highest BCUT2D eigenvalue weighted by Gasteiger charge is 2.77. The number of carbonyl (C=O) groups excluding carboxylic acids is 4. The number of alkyl halides is 1. The van der Waals surface area contributed by atoms with E-state index in [4.69, 9.17) is 9.47 Å². The molecule has 1 aromatic rings. The van der Waals surface area contributed by atoms with Gasteiger partial charge in [0.05, 0.1) is 36.6 Å². The van der Waals surface area contributed by atoms with Crippen molar-refractivity contribution < 1.29 is 33.8 Å². The molecule has 3 heterocycles. The fraction of sp³-hybridized carbons (Fsp3) is 0.622. The van der Waals surface area contributed by atoms with Crippen molar-refractivity contribution in [1.29, 1.82) is 0 Å². The number of nitrogens with zero attached hydrogens (tertiary/aromatic N) is 2. The third-order valence-corrected chi connectivity index (χ3v) is 11.5. The monoisotopic (exact) mass is 727 g/mol. The van der Waals surface area contributed by atoms with Crippen molar-refractivity contribution in [2.24, 2.45) is 17.8 Å². The van der Waals surface area contributed by atoms with Crippen LogP contribution in [0.5, 0.6) is 0 Å². The first-order valence-electron chi connectivity index (χ1n) is 17.4. The zero-order valence-electron chi connectivity index (χ0n) is 28.1. The van der Waals surface area contributed by atoms with Crippen LogP contribution in [0.25, 0.3) is 0 Å². The number of nitrogens with one attached hydrogen (secondary N) is 1. The lowest BCUT2D eigenvalue weighted by Gasteiger charge is -2.43. The van der Waals surface area contributed by atoms with Crippen LogP contribution < -0.4 is 5.32 Å². The number of rotatable bonds is 15. The molecule has 2 bridgehead atoms. The number of ether oxygens (including phenoxy) is 2. The van der Waals surface area contributed by atoms with Crippen molar-refractivity contribution in [2.45, 2.75) is 106 Å². The van der Waals surface area contributed by atoms with Crippen molar-refractivity contribution in [3.8, 4) is 0 Å². The first-order valence-corrected chi connectivity index (χ1v) is 18.3. The van der Waals surface area contributed by atoms with E-state index in [1.165, 1.54) is 0 Å². The number of fused-ring (bicyclic) bond motifs is 1. The average molecular weight is 729 g/mol. The van der Waals surface area contributed by atoms with Crippen LogP contribution in [0.15, 0.2) is 55.6 Å². The minimum atomic E-state index is -1.26. The number of hydrogen-bond donors (Lipinski definition) is 2. The molecule has 5 rings (SSSR count). The minimum absolute atomic E-state index is 0.0153. The third kappa shape index (κ3) is 6.87. The van der Waals surface area contributed by atoms with E-state index in [-0.39, 0.29) is 48.2 Å². The van der Waals surface area contributed by atoms with Gasteiger partial charge in [0.25, 0.3) is 0 Å². The molecular formula is C37H50BrN3O7. The number of carbonyl (C=O) groups is 4. The van der Waals surface area contributed by atoms with Gasteiger partial charge in [-0.05, 0) is 37.2 Å². The largest absolute Gasteiger partial charge is 0.463 e. The van der Waals surface area contributed by atoms with Gasteiger partial charge in [-0.2, -0.15) is 0 Å². The molecule has 4 aliphatic rings. The quantitative estimate of drug-likeness (QED) is 0.155. The predicted octanol–water partition coefficient (Wildman–Crippen LogP) is 4.47. The molecule has 1 saturated carbocycles. The van der Waals surface area contributed by atoms with Crippen LogP contribution in [0.1, 0.15) is 76.8 Å². The standard InChI is InChI=1S/C37H50BrN3O7/c1-5-7-18-29(43)47-22-27(24-14-10-8-11-15-24)39-34(44)30-31-35(45)41(28(21-42)23(3)4)33(37(31)20-26(38)32(30)48-37)36(46)40(19-6-2)25-16-12-9-13-17-25/h5-6,8,10-11,14-15,23,25-28,30-33,42H,1-2,7,9,12-13,16-22H2,3-4H3,(H,39,44)/t26?,27-,28+,30-,31+,32-,33-,37+/m1/s1. The molecule has 1 unspecified atom stereocenters. The Morgan fingerprint density at radius 3 is 2.50 bits per heavy atom. The second-order valence-corrected chi connectivity index (χ2v) is 15.1. The number of allylic oxidation sites excluding steroid dienone is 1. The molecule has 1 spiro atoms. The van der Waals surface area contributed by atoms with Crippen molar-refractivity contribution in [2.75, 3.05) is 19.8 Å². The summed E-state index contributed by atoms with van der Waals surface area (Å²) in [5.74, 6) is -3.37. The average Bonchev–Trinajstić information content (AvgIpc) is 3.68. The van der Waals surface area contributed by atoms with Gasteiger partial charge in [0.1, 0.15) is 18.2 Å². The number of esters is 1. The fourth-order valence-corrected chi connectivity index (χ4v) is 9.32. The molecule has 48 heavy (non-hydrogen) atoms. The Balaban J connectivity index is 1.49. The van der Waals surface area contributed by atoms with E-state index in [0.29, 0.717) is 19.4 Å². The Bertz CT molecular complexity index is 1350. The lowest BCUT2D eigenvalue weighted by molar-refractivity contribution is -0.154. The van der Waals surface area contributed by atoms with Gasteiger partial charge in [0.2, 0.25) is 17.7 Å². The molecule has 0 radical (unpaired) electrons. The topological polar surface area (TPSA) is 125 Å². The van der Waals surface area contributed by atoms with Crippen LogP contribution in [0.4, 0.5) is 0 Å². The van der Waals surface area contributed by atoms with E-state index in [2.05, 4.69) is 34.4 Å². The van der Waals surface area contributed by atoms with E-state index in [9.17, 15) is 24.3 Å². The first kappa shape index (κ1) is 36.3. The van der Waals surface area contributed by atoms with E-state index in [1.807, 2.05) is 49.1 Å². The van der Waals surface area contributed by atoms with Crippen LogP contribution in [0.3, 0.4) is 0 Å². The molecule has 4 fully saturated rings. The normalized spacial score (nSPS) is 29.3. The van der Waals surface area contributed by atoms with Gasteiger partial charge in [-0.3, -0.25) is 19.2 Å². The highest BCUT2D eigenvalue weighted by atomic mass is 79.9. The Morgan fingerprint density at radius 2 is 1.88 bits per heavy atom. The van der Waals surface area contributed by atoms with Crippen LogP contribution in [0.2, 0.25) is 0 Å². The summed E-state index contributed by atoms with van der Waals surface area (Å²) < 4.78 is 12.3. The lowest BCUT2D eigenvalue weighted by atomic mass is 9.70. The van der Waals surface area contributed by atoms with Crippen LogP contribution in [-0.4, -0.2) is 93.0 Å². The Morgan fingerprint density at radius 1 is 1.17 bits per heavy atom. The van der Waals surface area contributed by atoms with Crippen LogP contribution in [-0.2, 0) is 28.7 Å². The molecule has 8 atom stereocenters. The number of benzene rings is 1. The molecule has 10 nitrogen and oxygen atoms in total. The van der Waals surface area contributed by atoms with Crippen molar-refractivity contribution in [3.63, 3.8) is 0 Å². The van der Waals surface area contributed by atoms with E-state index in [0.717, 1.165) is 37.7 Å². The summed E-state index contributed by atoms with van der Waals surface area (Å²) in [4.78, 5) is 59.5. The fourth-order valence-electron chi connectivity index (χ4n) is 8.37. The van der Waals surface area contributed by atoms with Crippen molar-refractivity contribution in [3.05, 3.63) is 61.2 Å². The van der Waals surface area contributed by atoms with Gasteiger partial charge in [-0.1, -0.05) is 91.5 Å². The van der Waals surface area contributed by atoms with Gasteiger partial charge in [0.15, 0.2) is 0 Å². The zero-order chi connectivity index (χ0) is 34.6. The number of amides is 3. The van der Waals surface area contributed by atoms with Crippen molar-refractivity contribution >= 4 is 39.6 Å². The molecule has 262 valence electrons. The number of halogens is 1. The summed E-state index contributed by atoms with van der Waals surface area (Å²) in [5.41, 5.74) is -0.512. The van der Waals surface area contributed by atoms with Crippen molar-refractivity contribution in [1.82, 2.24) is 15.1 Å². The van der Waals surface area contributed by atoms with Gasteiger partial charge in [0, 0.05) is 23.8 Å². The molecule has 0 aromatic heterocycles. The second kappa shape index (κ2) is 15.7. The van der Waals surface area contributed by atoms with E-state index in [1.54, 1.807) is 17.1 Å². The van der Waals surface area contributed by atoms with Crippen LogP contribution in [0, 0.1) is 17.8 Å². The van der Waals surface area contributed by atoms with Gasteiger partial charge in [-0.15, -0.1) is 13.2 Å². The maximum absolute atomic E-state index is 14.9. The molecule has 3 aliphatic heterocycles. The molecular weight excluding hydrogens is 678 g/mol. The molecule has 3 saturated heterocycles. The van der Waals surface area contributed by atoms with Crippen LogP contribution >= 0.6 is 15.9 Å². The zero-order valence-corrected chi connectivity index (χ0v) is 29.7. The van der Waals surface area contributed by atoms with Gasteiger partial charge < -0.3 is 29.7 Å². The molecule has 1 aromatic carbocycles. The Hall–Kier alpha value is -3.02. The number of aliphatic hydroxyl groups excluding tert-OH is 1. The minimum Gasteiger partial charge on any atom is -0.463 e. The molecule has 3 amide bonds. The highest BCUT2D eigenvalue weighted by molar-refractivity contribution is 9.09. The summed E-state index contributed by atoms with van der Waals surface area (Å²) in [6.07, 6.45) is 8.66. The summed E-state index contributed by atoms with van der Waals surface area (Å²) in [5, 5.41) is 13.7. The Labute approximate surface area is 292 Å². The Kier molecular flexibility index (Phi) is 11.8. The predicted molar refractivity (Wildman–Crippen MR) is 185 cm³/mol. The smallest absolute Gasteiger partial charge is 0.306 e. The molecule has 1 aliphatic carbocycles. The SMILES string of the molecule is C=CCCC(=O)OC[C@@H](NC(=O)[C@H]1[C@@H]2O[C@@]3(CC2Br)[C@@H]1C(=O)N([C@@H](CO)C(C)C)[C@@H]3C(=O)N(CC=C)C1CCCCC1)c1ccccc1. The molecule has 11 heteroatoms. The number of aliphatic hydroxyl groups is 1. The summed E-state index contributed by atoms with van der Waals surface area (Å²) in [6, 6.07) is 6.94. The van der Waals surface area contributed by atoms with E-state index < -0.39 is 53.5 Å². The summed E-state index contributed by atoms with van der Waals surface area (Å²) in [6.45, 7) is 11.3. The summed E-state index contributed by atoms with van der Waals surface area (Å²) in [7, 11) is 0. The summed E-state index contributed by atoms with van der Waals surface area (Å²) >= 11 is 3.76.